The summed E-state index contributed by atoms with van der Waals surface area (Å²) in [6.45, 7) is 0. The van der Waals surface area contributed by atoms with Gasteiger partial charge in [0.25, 0.3) is 0 Å². The van der Waals surface area contributed by atoms with Crippen LogP contribution in [0.5, 0.6) is 0 Å². The Morgan fingerprint density at radius 2 is 1.61 bits per heavy atom. The Hall–Kier alpha value is -1.07. The number of hydrogen-bond acceptors (Lipinski definition) is 3. The molecule has 0 bridgehead atoms. The predicted molar refractivity (Wildman–Crippen MR) is 71.0 cm³/mol. The molecule has 18 heavy (non-hydrogen) atoms. The fourth-order valence-corrected chi connectivity index (χ4v) is 3.31. The molecule has 0 heterocycles. The van der Waals surface area contributed by atoms with Crippen molar-refractivity contribution in [3.8, 4) is 0 Å². The van der Waals surface area contributed by atoms with Crippen LogP contribution in [0.3, 0.4) is 0 Å². The molecule has 1 aromatic rings. The van der Waals surface area contributed by atoms with Crippen molar-refractivity contribution in [3.05, 3.63) is 24.3 Å². The van der Waals surface area contributed by atoms with Gasteiger partial charge in [-0.1, -0.05) is 0 Å². The van der Waals surface area contributed by atoms with Gasteiger partial charge in [0, 0.05) is 17.8 Å². The quantitative estimate of drug-likeness (QED) is 0.858. The maximum absolute atomic E-state index is 12.0. The average molecular weight is 266 g/mol. The lowest BCUT2D eigenvalue weighted by Crippen LogP contribution is -2.27. The highest BCUT2D eigenvalue weighted by atomic mass is 32.2. The fourth-order valence-electron chi connectivity index (χ4n) is 2.01. The Labute approximate surface area is 108 Å². The minimum absolute atomic E-state index is 0.155. The summed E-state index contributed by atoms with van der Waals surface area (Å²) >= 11 is 0. The first kappa shape index (κ1) is 12.0. The molecule has 0 aliphatic heterocycles. The minimum Gasteiger partial charge on any atom is -0.382 e. The standard InChI is InChI=1S/C13H18N2O2S/c16-18(17,15-12-4-5-12)13-8-6-11(7-9-13)14-10-2-1-3-10/h6-10,12,14-15H,1-5H2. The highest BCUT2D eigenvalue weighted by molar-refractivity contribution is 7.89. The van der Waals surface area contributed by atoms with Crippen molar-refractivity contribution in [2.45, 2.75) is 49.1 Å². The second kappa shape index (κ2) is 4.55. The van der Waals surface area contributed by atoms with Gasteiger partial charge in [-0.15, -0.1) is 0 Å². The van der Waals surface area contributed by atoms with Crippen LogP contribution in [-0.4, -0.2) is 20.5 Å². The monoisotopic (exact) mass is 266 g/mol. The maximum atomic E-state index is 12.0. The van der Waals surface area contributed by atoms with Crippen LogP contribution in [-0.2, 0) is 10.0 Å². The number of rotatable bonds is 5. The van der Waals surface area contributed by atoms with Crippen molar-refractivity contribution < 1.29 is 8.42 Å². The van der Waals surface area contributed by atoms with Crippen LogP contribution in [0, 0.1) is 0 Å². The molecule has 0 aromatic heterocycles. The maximum Gasteiger partial charge on any atom is 0.240 e. The van der Waals surface area contributed by atoms with E-state index in [1.54, 1.807) is 12.1 Å². The second-order valence-corrected chi connectivity index (χ2v) is 6.91. The minimum atomic E-state index is -3.31. The van der Waals surface area contributed by atoms with Gasteiger partial charge in [0.2, 0.25) is 10.0 Å². The molecule has 2 aliphatic carbocycles. The molecule has 98 valence electrons. The average Bonchev–Trinajstić information content (AvgIpc) is 3.07. The third-order valence-electron chi connectivity index (χ3n) is 3.54. The molecule has 3 rings (SSSR count). The molecule has 4 nitrogen and oxygen atoms in total. The highest BCUT2D eigenvalue weighted by Crippen LogP contribution is 2.25. The number of benzene rings is 1. The summed E-state index contributed by atoms with van der Waals surface area (Å²) in [5.41, 5.74) is 1.00. The lowest BCUT2D eigenvalue weighted by atomic mass is 9.93. The van der Waals surface area contributed by atoms with E-state index in [2.05, 4.69) is 10.0 Å². The Bertz CT molecular complexity index is 516. The molecule has 2 saturated carbocycles. The van der Waals surface area contributed by atoms with E-state index in [1.807, 2.05) is 12.1 Å². The predicted octanol–water partition coefficient (Wildman–Crippen LogP) is 2.09. The summed E-state index contributed by atoms with van der Waals surface area (Å²) in [6, 6.07) is 7.76. The van der Waals surface area contributed by atoms with Gasteiger partial charge in [-0.05, 0) is 56.4 Å². The van der Waals surface area contributed by atoms with Gasteiger partial charge in [0.15, 0.2) is 0 Å². The molecule has 2 fully saturated rings. The van der Waals surface area contributed by atoms with E-state index in [0.717, 1.165) is 18.5 Å². The summed E-state index contributed by atoms with van der Waals surface area (Å²) in [5.74, 6) is 0. The van der Waals surface area contributed by atoms with Crippen LogP contribution in [0.4, 0.5) is 5.69 Å². The third-order valence-corrected chi connectivity index (χ3v) is 5.08. The summed E-state index contributed by atoms with van der Waals surface area (Å²) in [4.78, 5) is 0.355. The van der Waals surface area contributed by atoms with Crippen LogP contribution in [0.25, 0.3) is 0 Å². The van der Waals surface area contributed by atoms with Crippen molar-refractivity contribution in [1.29, 1.82) is 0 Å². The fraction of sp³-hybridized carbons (Fsp3) is 0.538. The van der Waals surface area contributed by atoms with Crippen LogP contribution >= 0.6 is 0 Å². The first-order valence-electron chi connectivity index (χ1n) is 6.52. The molecule has 0 spiro atoms. The molecule has 1 aromatic carbocycles. The van der Waals surface area contributed by atoms with Gasteiger partial charge < -0.3 is 5.32 Å². The lowest BCUT2D eigenvalue weighted by molar-refractivity contribution is 0.445. The molecule has 0 saturated heterocycles. The molecule has 2 aliphatic rings. The Kier molecular flexibility index (Phi) is 3.03. The van der Waals surface area contributed by atoms with Crippen molar-refractivity contribution >= 4 is 15.7 Å². The molecular weight excluding hydrogens is 248 g/mol. The lowest BCUT2D eigenvalue weighted by Gasteiger charge is -2.27. The topological polar surface area (TPSA) is 58.2 Å². The van der Waals surface area contributed by atoms with Crippen LogP contribution in [0.15, 0.2) is 29.2 Å². The number of hydrogen-bond donors (Lipinski definition) is 2. The summed E-state index contributed by atoms with van der Waals surface area (Å²) < 4.78 is 26.6. The van der Waals surface area contributed by atoms with E-state index >= 15 is 0 Å². The van der Waals surface area contributed by atoms with Crippen molar-refractivity contribution in [2.75, 3.05) is 5.32 Å². The van der Waals surface area contributed by atoms with E-state index in [-0.39, 0.29) is 6.04 Å². The number of nitrogens with one attached hydrogen (secondary N) is 2. The zero-order valence-corrected chi connectivity index (χ0v) is 11.0. The zero-order valence-electron chi connectivity index (χ0n) is 10.2. The van der Waals surface area contributed by atoms with Crippen molar-refractivity contribution in [2.24, 2.45) is 0 Å². The van der Waals surface area contributed by atoms with Gasteiger partial charge in [-0.2, -0.15) is 0 Å². The first-order valence-corrected chi connectivity index (χ1v) is 8.01. The zero-order chi connectivity index (χ0) is 12.6. The molecule has 0 radical (unpaired) electrons. The van der Waals surface area contributed by atoms with E-state index in [4.69, 9.17) is 0 Å². The van der Waals surface area contributed by atoms with Crippen LogP contribution < -0.4 is 10.0 Å². The summed E-state index contributed by atoms with van der Waals surface area (Å²) in [5, 5.41) is 3.39. The van der Waals surface area contributed by atoms with Crippen molar-refractivity contribution in [1.82, 2.24) is 4.72 Å². The summed E-state index contributed by atoms with van der Waals surface area (Å²) in [7, 11) is -3.31. The van der Waals surface area contributed by atoms with Crippen molar-refractivity contribution in [3.63, 3.8) is 0 Å². The van der Waals surface area contributed by atoms with Gasteiger partial charge in [-0.3, -0.25) is 0 Å². The molecular formula is C13H18N2O2S. The van der Waals surface area contributed by atoms with Crippen LogP contribution in [0.2, 0.25) is 0 Å². The Balaban J connectivity index is 1.69. The molecule has 2 N–H and O–H groups in total. The van der Waals surface area contributed by atoms with Gasteiger partial charge in [0.05, 0.1) is 4.90 Å². The number of anilines is 1. The van der Waals surface area contributed by atoms with Gasteiger partial charge >= 0.3 is 0 Å². The molecule has 0 amide bonds. The van der Waals surface area contributed by atoms with Gasteiger partial charge in [0.1, 0.15) is 0 Å². The van der Waals surface area contributed by atoms with E-state index in [0.29, 0.717) is 10.9 Å². The van der Waals surface area contributed by atoms with E-state index < -0.39 is 10.0 Å². The Morgan fingerprint density at radius 3 is 2.11 bits per heavy atom. The SMILES string of the molecule is O=S(=O)(NC1CC1)c1ccc(NC2CCC2)cc1. The van der Waals surface area contributed by atoms with Crippen LogP contribution in [0.1, 0.15) is 32.1 Å². The normalized spacial score (nSPS) is 20.4. The largest absolute Gasteiger partial charge is 0.382 e. The first-order chi connectivity index (χ1) is 8.63. The highest BCUT2D eigenvalue weighted by Gasteiger charge is 2.27. The Morgan fingerprint density at radius 1 is 0.944 bits per heavy atom. The summed E-state index contributed by atoms with van der Waals surface area (Å²) in [6.07, 6.45) is 5.63. The number of sulfonamides is 1. The second-order valence-electron chi connectivity index (χ2n) is 5.19. The smallest absolute Gasteiger partial charge is 0.240 e. The molecule has 5 heteroatoms. The molecule has 0 atom stereocenters. The van der Waals surface area contributed by atoms with E-state index in [1.165, 1.54) is 19.3 Å². The van der Waals surface area contributed by atoms with E-state index in [9.17, 15) is 8.42 Å². The third kappa shape index (κ3) is 2.67. The van der Waals surface area contributed by atoms with Gasteiger partial charge in [-0.25, -0.2) is 13.1 Å². The molecule has 0 unspecified atom stereocenters.